The molecule has 0 fully saturated rings. The van der Waals surface area contributed by atoms with E-state index < -0.39 is 15.6 Å². The number of nitrogens with two attached hydrogens (primary N) is 1. The molecule has 3 N–H and O–H groups in total. The van der Waals surface area contributed by atoms with Crippen molar-refractivity contribution in [2.24, 2.45) is 0 Å². The summed E-state index contributed by atoms with van der Waals surface area (Å²) >= 11 is 0. The van der Waals surface area contributed by atoms with Crippen molar-refractivity contribution in [2.75, 3.05) is 18.8 Å². The maximum Gasteiger partial charge on any atom is 0.248 e. The summed E-state index contributed by atoms with van der Waals surface area (Å²) in [7, 11) is -3.74. The highest BCUT2D eigenvalue weighted by Crippen LogP contribution is 2.22. The van der Waals surface area contributed by atoms with Crippen molar-refractivity contribution in [1.82, 2.24) is 14.1 Å². The Labute approximate surface area is 114 Å². The quantitative estimate of drug-likeness (QED) is 0.783. The number of sulfonamides is 1. The van der Waals surface area contributed by atoms with E-state index in [4.69, 9.17) is 5.73 Å². The molecule has 0 aliphatic carbocycles. The molecule has 1 heterocycles. The van der Waals surface area contributed by atoms with E-state index in [1.54, 1.807) is 20.8 Å². The first kappa shape index (κ1) is 15.9. The van der Waals surface area contributed by atoms with Crippen LogP contribution in [-0.2, 0) is 16.6 Å². The van der Waals surface area contributed by atoms with Crippen LogP contribution < -0.4 is 5.73 Å². The van der Waals surface area contributed by atoms with Gasteiger partial charge in [-0.05, 0) is 20.8 Å². The number of nitrogen functional groups attached to an aromatic ring is 1. The molecule has 0 aromatic carbocycles. The van der Waals surface area contributed by atoms with E-state index >= 15 is 0 Å². The minimum atomic E-state index is -3.74. The topological polar surface area (TPSA) is 101 Å². The lowest BCUT2D eigenvalue weighted by Gasteiger charge is -2.27. The van der Waals surface area contributed by atoms with Gasteiger partial charge in [-0.25, -0.2) is 8.42 Å². The summed E-state index contributed by atoms with van der Waals surface area (Å²) in [6.07, 6.45) is 1.41. The number of likely N-dealkylation sites (N-methyl/N-ethyl adjacent to an activating group) is 1. The molecular formula is C11H22N4O3S. The highest BCUT2D eigenvalue weighted by molar-refractivity contribution is 7.89. The van der Waals surface area contributed by atoms with Crippen LogP contribution in [0.25, 0.3) is 0 Å². The number of aryl methyl sites for hydroxylation is 1. The second kappa shape index (κ2) is 5.48. The number of hydrogen-bond acceptors (Lipinski definition) is 5. The van der Waals surface area contributed by atoms with Crippen LogP contribution in [0.3, 0.4) is 0 Å². The number of aromatic nitrogens is 2. The average molecular weight is 290 g/mol. The first-order valence-electron chi connectivity index (χ1n) is 6.17. The maximum absolute atomic E-state index is 12.5. The van der Waals surface area contributed by atoms with Gasteiger partial charge in [0.15, 0.2) is 5.82 Å². The standard InChI is InChI=1S/C11H22N4O3S/c1-5-14-7-9(10(12)13-14)19(17,18)15(6-2)8-11(3,4)16/h7,16H,5-6,8H2,1-4H3,(H2,12,13). The van der Waals surface area contributed by atoms with Crippen molar-refractivity contribution in [1.29, 1.82) is 0 Å². The van der Waals surface area contributed by atoms with Gasteiger partial charge in [0, 0.05) is 25.8 Å². The Morgan fingerprint density at radius 3 is 2.42 bits per heavy atom. The first-order valence-corrected chi connectivity index (χ1v) is 7.61. The van der Waals surface area contributed by atoms with Crippen LogP contribution in [0, 0.1) is 0 Å². The van der Waals surface area contributed by atoms with Crippen molar-refractivity contribution in [3.63, 3.8) is 0 Å². The number of nitrogens with zero attached hydrogens (tertiary/aromatic N) is 3. The van der Waals surface area contributed by atoms with E-state index in [1.165, 1.54) is 15.2 Å². The zero-order valence-electron chi connectivity index (χ0n) is 11.8. The Morgan fingerprint density at radius 1 is 1.47 bits per heavy atom. The molecule has 0 amide bonds. The third-order valence-electron chi connectivity index (χ3n) is 2.61. The molecule has 0 bridgehead atoms. The monoisotopic (exact) mass is 290 g/mol. The van der Waals surface area contributed by atoms with Gasteiger partial charge in [-0.15, -0.1) is 0 Å². The summed E-state index contributed by atoms with van der Waals surface area (Å²) in [5, 5.41) is 13.7. The lowest BCUT2D eigenvalue weighted by Crippen LogP contribution is -2.42. The highest BCUT2D eigenvalue weighted by Gasteiger charge is 2.31. The second-order valence-electron chi connectivity index (χ2n) is 4.98. The average Bonchev–Trinajstić information content (AvgIpc) is 2.66. The lowest BCUT2D eigenvalue weighted by molar-refractivity contribution is 0.0601. The van der Waals surface area contributed by atoms with Crippen molar-refractivity contribution in [2.45, 2.75) is 44.7 Å². The van der Waals surface area contributed by atoms with E-state index in [2.05, 4.69) is 5.10 Å². The molecule has 1 rings (SSSR count). The van der Waals surface area contributed by atoms with Gasteiger partial charge in [-0.3, -0.25) is 4.68 Å². The molecule has 1 aromatic heterocycles. The van der Waals surface area contributed by atoms with Crippen molar-refractivity contribution in [3.05, 3.63) is 6.20 Å². The van der Waals surface area contributed by atoms with Crippen LogP contribution in [0.1, 0.15) is 27.7 Å². The van der Waals surface area contributed by atoms with E-state index in [-0.39, 0.29) is 23.8 Å². The van der Waals surface area contributed by atoms with Gasteiger partial charge in [-0.1, -0.05) is 6.92 Å². The SMILES string of the molecule is CCN(CC(C)(C)O)S(=O)(=O)c1cn(CC)nc1N. The smallest absolute Gasteiger partial charge is 0.248 e. The first-order chi connectivity index (χ1) is 8.61. The van der Waals surface area contributed by atoms with E-state index in [0.29, 0.717) is 6.54 Å². The third kappa shape index (κ3) is 3.68. The van der Waals surface area contributed by atoms with E-state index in [1.807, 2.05) is 6.92 Å². The zero-order valence-corrected chi connectivity index (χ0v) is 12.6. The van der Waals surface area contributed by atoms with Crippen LogP contribution in [0.2, 0.25) is 0 Å². The lowest BCUT2D eigenvalue weighted by atomic mass is 10.1. The van der Waals surface area contributed by atoms with Crippen molar-refractivity contribution in [3.8, 4) is 0 Å². The van der Waals surface area contributed by atoms with Crippen molar-refractivity contribution < 1.29 is 13.5 Å². The molecule has 0 saturated heterocycles. The molecule has 0 aliphatic heterocycles. The Hall–Kier alpha value is -1.12. The number of rotatable bonds is 6. The molecule has 0 unspecified atom stereocenters. The van der Waals surface area contributed by atoms with Crippen molar-refractivity contribution >= 4 is 15.8 Å². The largest absolute Gasteiger partial charge is 0.389 e. The zero-order chi connectivity index (χ0) is 14.8. The summed E-state index contributed by atoms with van der Waals surface area (Å²) in [5.74, 6) is -0.0176. The van der Waals surface area contributed by atoms with Gasteiger partial charge < -0.3 is 10.8 Å². The molecule has 1 aromatic rings. The number of hydrogen-bond donors (Lipinski definition) is 2. The van der Waals surface area contributed by atoms with Gasteiger partial charge in [0.25, 0.3) is 0 Å². The van der Waals surface area contributed by atoms with Crippen LogP contribution in [0.15, 0.2) is 11.1 Å². The molecule has 110 valence electrons. The maximum atomic E-state index is 12.5. The summed E-state index contributed by atoms with van der Waals surface area (Å²) in [4.78, 5) is -0.0135. The molecule has 8 heteroatoms. The molecule has 0 spiro atoms. The van der Waals surface area contributed by atoms with Gasteiger partial charge >= 0.3 is 0 Å². The Morgan fingerprint density at radius 2 is 2.05 bits per heavy atom. The van der Waals surface area contributed by atoms with Gasteiger partial charge in [0.1, 0.15) is 4.90 Å². The van der Waals surface area contributed by atoms with E-state index in [0.717, 1.165) is 0 Å². The van der Waals surface area contributed by atoms with Gasteiger partial charge in [0.05, 0.1) is 5.60 Å². The normalized spacial score (nSPS) is 13.2. The fourth-order valence-electron chi connectivity index (χ4n) is 1.72. The van der Waals surface area contributed by atoms with Crippen LogP contribution in [0.5, 0.6) is 0 Å². The minimum absolute atomic E-state index is 0.00256. The van der Waals surface area contributed by atoms with E-state index in [9.17, 15) is 13.5 Å². The van der Waals surface area contributed by atoms with Gasteiger partial charge in [0.2, 0.25) is 10.0 Å². The Kier molecular flexibility index (Phi) is 4.59. The fourth-order valence-corrected chi connectivity index (χ4v) is 3.38. The minimum Gasteiger partial charge on any atom is -0.389 e. The predicted molar refractivity (Wildman–Crippen MR) is 73.0 cm³/mol. The number of aliphatic hydroxyl groups is 1. The summed E-state index contributed by atoms with van der Waals surface area (Å²) < 4.78 is 27.6. The molecule has 0 aliphatic rings. The summed E-state index contributed by atoms with van der Waals surface area (Å²) in [6.45, 7) is 7.47. The summed E-state index contributed by atoms with van der Waals surface area (Å²) in [5.41, 5.74) is 4.55. The fraction of sp³-hybridized carbons (Fsp3) is 0.727. The second-order valence-corrected chi connectivity index (χ2v) is 6.88. The van der Waals surface area contributed by atoms with Crippen LogP contribution in [-0.4, -0.2) is 46.3 Å². The number of anilines is 1. The Bertz CT molecular complexity index is 531. The molecule has 0 saturated carbocycles. The van der Waals surface area contributed by atoms with Crippen LogP contribution in [0.4, 0.5) is 5.82 Å². The molecule has 0 radical (unpaired) electrons. The Balaban J connectivity index is 3.17. The summed E-state index contributed by atoms with van der Waals surface area (Å²) in [6, 6.07) is 0. The molecule has 7 nitrogen and oxygen atoms in total. The molecule has 19 heavy (non-hydrogen) atoms. The molecular weight excluding hydrogens is 268 g/mol. The third-order valence-corrected chi connectivity index (χ3v) is 4.55. The molecule has 0 atom stereocenters. The predicted octanol–water partition coefficient (Wildman–Crippen LogP) is 0.267. The highest BCUT2D eigenvalue weighted by atomic mass is 32.2. The van der Waals surface area contributed by atoms with Crippen LogP contribution >= 0.6 is 0 Å². The van der Waals surface area contributed by atoms with Gasteiger partial charge in [-0.2, -0.15) is 9.40 Å².